The SMILES string of the molecule is COCC(NC(=O)c1[nH]ccc1C1CC1)c1ccc(F)c(F)c1. The molecule has 1 aromatic heterocycles. The Labute approximate surface area is 132 Å². The van der Waals surface area contributed by atoms with Crippen LogP contribution in [0.3, 0.4) is 0 Å². The van der Waals surface area contributed by atoms with Gasteiger partial charge in [-0.3, -0.25) is 4.79 Å². The van der Waals surface area contributed by atoms with Crippen LogP contribution in [0, 0.1) is 11.6 Å². The summed E-state index contributed by atoms with van der Waals surface area (Å²) >= 11 is 0. The fourth-order valence-corrected chi connectivity index (χ4v) is 2.66. The Morgan fingerprint density at radius 1 is 1.35 bits per heavy atom. The highest BCUT2D eigenvalue weighted by Crippen LogP contribution is 2.41. The van der Waals surface area contributed by atoms with Gasteiger partial charge < -0.3 is 15.0 Å². The number of carbonyl (C=O) groups excluding carboxylic acids is 1. The molecule has 1 unspecified atom stereocenters. The number of aromatic nitrogens is 1. The molecule has 0 saturated heterocycles. The summed E-state index contributed by atoms with van der Waals surface area (Å²) in [6, 6.07) is 4.92. The first-order chi connectivity index (χ1) is 11.1. The lowest BCUT2D eigenvalue weighted by Gasteiger charge is -2.19. The Bertz CT molecular complexity index is 710. The molecule has 1 aromatic carbocycles. The second-order valence-electron chi connectivity index (χ2n) is 5.74. The average molecular weight is 320 g/mol. The van der Waals surface area contributed by atoms with E-state index < -0.39 is 17.7 Å². The summed E-state index contributed by atoms with van der Waals surface area (Å²) in [7, 11) is 1.49. The summed E-state index contributed by atoms with van der Waals surface area (Å²) in [5, 5.41) is 2.82. The number of aromatic amines is 1. The number of amides is 1. The van der Waals surface area contributed by atoms with Crippen molar-refractivity contribution in [2.45, 2.75) is 24.8 Å². The summed E-state index contributed by atoms with van der Waals surface area (Å²) in [6.45, 7) is 0.163. The van der Waals surface area contributed by atoms with E-state index in [9.17, 15) is 13.6 Å². The van der Waals surface area contributed by atoms with Crippen LogP contribution in [0.1, 0.15) is 46.4 Å². The highest BCUT2D eigenvalue weighted by atomic mass is 19.2. The quantitative estimate of drug-likeness (QED) is 0.858. The van der Waals surface area contributed by atoms with Crippen LogP contribution in [0.2, 0.25) is 0 Å². The lowest BCUT2D eigenvalue weighted by molar-refractivity contribution is 0.0891. The maximum Gasteiger partial charge on any atom is 0.268 e. The van der Waals surface area contributed by atoms with Gasteiger partial charge in [-0.1, -0.05) is 6.07 Å². The van der Waals surface area contributed by atoms with Crippen molar-refractivity contribution in [2.24, 2.45) is 0 Å². The summed E-state index contributed by atoms with van der Waals surface area (Å²) in [6.07, 6.45) is 3.91. The molecule has 2 aromatic rings. The Balaban J connectivity index is 1.79. The van der Waals surface area contributed by atoms with Crippen LogP contribution in [0.4, 0.5) is 8.78 Å². The highest BCUT2D eigenvalue weighted by Gasteiger charge is 2.29. The number of methoxy groups -OCH3 is 1. The van der Waals surface area contributed by atoms with E-state index in [1.54, 1.807) is 6.20 Å². The van der Waals surface area contributed by atoms with Crippen molar-refractivity contribution in [2.75, 3.05) is 13.7 Å². The molecule has 1 atom stereocenters. The van der Waals surface area contributed by atoms with E-state index in [2.05, 4.69) is 10.3 Å². The zero-order valence-electron chi connectivity index (χ0n) is 12.7. The Morgan fingerprint density at radius 2 is 2.13 bits per heavy atom. The molecule has 6 heteroatoms. The lowest BCUT2D eigenvalue weighted by atomic mass is 10.1. The molecule has 122 valence electrons. The van der Waals surface area contributed by atoms with Gasteiger partial charge in [-0.05, 0) is 48.1 Å². The number of hydrogen-bond donors (Lipinski definition) is 2. The number of halogens is 2. The number of benzene rings is 1. The molecule has 3 rings (SSSR count). The van der Waals surface area contributed by atoms with E-state index in [1.165, 1.54) is 13.2 Å². The fourth-order valence-electron chi connectivity index (χ4n) is 2.66. The molecule has 0 radical (unpaired) electrons. The molecule has 0 bridgehead atoms. The van der Waals surface area contributed by atoms with Crippen molar-refractivity contribution in [3.8, 4) is 0 Å². The average Bonchev–Trinajstić information content (AvgIpc) is 3.26. The van der Waals surface area contributed by atoms with E-state index in [1.807, 2.05) is 6.07 Å². The molecule has 1 amide bonds. The summed E-state index contributed by atoms with van der Waals surface area (Å²) in [4.78, 5) is 15.5. The number of nitrogens with one attached hydrogen (secondary N) is 2. The van der Waals surface area contributed by atoms with Crippen molar-refractivity contribution >= 4 is 5.91 Å². The van der Waals surface area contributed by atoms with Crippen LogP contribution >= 0.6 is 0 Å². The molecule has 1 aliphatic carbocycles. The van der Waals surface area contributed by atoms with Crippen LogP contribution in [0.5, 0.6) is 0 Å². The Morgan fingerprint density at radius 3 is 2.78 bits per heavy atom. The molecule has 4 nitrogen and oxygen atoms in total. The first-order valence-corrected chi connectivity index (χ1v) is 7.52. The zero-order valence-corrected chi connectivity index (χ0v) is 12.7. The third kappa shape index (κ3) is 3.42. The molecule has 1 heterocycles. The molecule has 2 N–H and O–H groups in total. The minimum Gasteiger partial charge on any atom is -0.382 e. The molecule has 1 fully saturated rings. The van der Waals surface area contributed by atoms with Gasteiger partial charge in [0.1, 0.15) is 5.69 Å². The molecular formula is C17H18F2N2O2. The van der Waals surface area contributed by atoms with Crippen LogP contribution in [-0.2, 0) is 4.74 Å². The number of ether oxygens (including phenoxy) is 1. The van der Waals surface area contributed by atoms with E-state index in [0.29, 0.717) is 17.2 Å². The van der Waals surface area contributed by atoms with E-state index >= 15 is 0 Å². The van der Waals surface area contributed by atoms with Gasteiger partial charge in [0, 0.05) is 13.3 Å². The van der Waals surface area contributed by atoms with E-state index in [0.717, 1.165) is 30.5 Å². The molecule has 1 saturated carbocycles. The van der Waals surface area contributed by atoms with Gasteiger partial charge in [0.25, 0.3) is 5.91 Å². The van der Waals surface area contributed by atoms with Gasteiger partial charge in [-0.25, -0.2) is 8.78 Å². The summed E-state index contributed by atoms with van der Waals surface area (Å²) in [5.74, 6) is -1.71. The molecule has 0 spiro atoms. The first-order valence-electron chi connectivity index (χ1n) is 7.52. The maximum atomic E-state index is 13.4. The molecule has 0 aliphatic heterocycles. The monoisotopic (exact) mass is 320 g/mol. The Kier molecular flexibility index (Phi) is 4.43. The van der Waals surface area contributed by atoms with Crippen molar-refractivity contribution in [3.63, 3.8) is 0 Å². The summed E-state index contributed by atoms with van der Waals surface area (Å²) < 4.78 is 31.6. The van der Waals surface area contributed by atoms with Crippen molar-refractivity contribution < 1.29 is 18.3 Å². The minimum atomic E-state index is -0.948. The minimum absolute atomic E-state index is 0.163. The van der Waals surface area contributed by atoms with Gasteiger partial charge in [0.2, 0.25) is 0 Å². The standard InChI is InChI=1S/C17H18F2N2O2/c1-23-9-15(11-4-5-13(18)14(19)8-11)21-17(22)16-12(6-7-20-16)10-2-3-10/h4-8,10,15,20H,2-3,9H2,1H3,(H,21,22). The van der Waals surface area contributed by atoms with Gasteiger partial charge >= 0.3 is 0 Å². The predicted octanol–water partition coefficient (Wildman–Crippen LogP) is 3.29. The number of carbonyl (C=O) groups is 1. The van der Waals surface area contributed by atoms with Crippen LogP contribution in [0.25, 0.3) is 0 Å². The largest absolute Gasteiger partial charge is 0.382 e. The van der Waals surface area contributed by atoms with Crippen molar-refractivity contribution in [1.29, 1.82) is 0 Å². The topological polar surface area (TPSA) is 54.1 Å². The van der Waals surface area contributed by atoms with E-state index in [4.69, 9.17) is 4.74 Å². The fraction of sp³-hybridized carbons (Fsp3) is 0.353. The molecule has 1 aliphatic rings. The maximum absolute atomic E-state index is 13.4. The lowest BCUT2D eigenvalue weighted by Crippen LogP contribution is -2.32. The number of H-pyrrole nitrogens is 1. The Hall–Kier alpha value is -2.21. The van der Waals surface area contributed by atoms with Crippen LogP contribution in [0.15, 0.2) is 30.5 Å². The highest BCUT2D eigenvalue weighted by molar-refractivity contribution is 5.94. The van der Waals surface area contributed by atoms with Gasteiger partial charge in [-0.2, -0.15) is 0 Å². The van der Waals surface area contributed by atoms with Crippen LogP contribution in [-0.4, -0.2) is 24.6 Å². The van der Waals surface area contributed by atoms with Gasteiger partial charge in [0.15, 0.2) is 11.6 Å². The normalized spacial score (nSPS) is 15.4. The first kappa shape index (κ1) is 15.7. The molecule has 23 heavy (non-hydrogen) atoms. The number of rotatable bonds is 6. The second kappa shape index (κ2) is 6.50. The van der Waals surface area contributed by atoms with Crippen molar-refractivity contribution in [1.82, 2.24) is 10.3 Å². The second-order valence-corrected chi connectivity index (χ2v) is 5.74. The third-order valence-corrected chi connectivity index (χ3v) is 4.01. The van der Waals surface area contributed by atoms with Gasteiger partial charge in [0.05, 0.1) is 12.6 Å². The summed E-state index contributed by atoms with van der Waals surface area (Å²) in [5.41, 5.74) is 1.98. The van der Waals surface area contributed by atoms with Crippen molar-refractivity contribution in [3.05, 3.63) is 58.9 Å². The van der Waals surface area contributed by atoms with Crippen LogP contribution < -0.4 is 5.32 Å². The number of hydrogen-bond acceptors (Lipinski definition) is 2. The van der Waals surface area contributed by atoms with Gasteiger partial charge in [-0.15, -0.1) is 0 Å². The molecular weight excluding hydrogens is 302 g/mol. The van der Waals surface area contributed by atoms with E-state index in [-0.39, 0.29) is 12.5 Å². The predicted molar refractivity (Wildman–Crippen MR) is 81.2 cm³/mol. The zero-order chi connectivity index (χ0) is 16.4. The smallest absolute Gasteiger partial charge is 0.268 e. The third-order valence-electron chi connectivity index (χ3n) is 4.01.